The van der Waals surface area contributed by atoms with Crippen LogP contribution in [0.25, 0.3) is 0 Å². The number of methoxy groups -OCH3 is 1. The van der Waals surface area contributed by atoms with Crippen LogP contribution in [-0.4, -0.2) is 7.11 Å². The van der Waals surface area contributed by atoms with Gasteiger partial charge in [0.05, 0.1) is 12.8 Å². The predicted molar refractivity (Wildman–Crippen MR) is 58.0 cm³/mol. The molecule has 3 heteroatoms. The SMILES string of the molecule is COc1c(C)c(=O)c1=Nc1ccccc1. The smallest absolute Gasteiger partial charge is 0.214 e. The number of rotatable bonds is 2. The molecule has 76 valence electrons. The Morgan fingerprint density at radius 1 is 1.20 bits per heavy atom. The summed E-state index contributed by atoms with van der Waals surface area (Å²) in [6.45, 7) is 1.74. The Labute approximate surface area is 87.4 Å². The van der Waals surface area contributed by atoms with Crippen LogP contribution in [-0.2, 0) is 0 Å². The summed E-state index contributed by atoms with van der Waals surface area (Å²) in [7, 11) is 1.55. The maximum atomic E-state index is 11.5. The molecule has 0 unspecified atom stereocenters. The molecule has 2 rings (SSSR count). The van der Waals surface area contributed by atoms with Gasteiger partial charge < -0.3 is 4.74 Å². The van der Waals surface area contributed by atoms with E-state index < -0.39 is 0 Å². The van der Waals surface area contributed by atoms with Crippen molar-refractivity contribution in [1.82, 2.24) is 0 Å². The predicted octanol–water partition coefficient (Wildman–Crippen LogP) is 1.47. The number of hydrogen-bond acceptors (Lipinski definition) is 3. The van der Waals surface area contributed by atoms with Gasteiger partial charge in [-0.15, -0.1) is 0 Å². The first-order chi connectivity index (χ1) is 7.24. The van der Waals surface area contributed by atoms with Crippen molar-refractivity contribution in [2.24, 2.45) is 4.99 Å². The minimum absolute atomic E-state index is 0.0318. The fraction of sp³-hybridized carbons (Fsp3) is 0.167. The Morgan fingerprint density at radius 2 is 1.87 bits per heavy atom. The normalized spacial score (nSPS) is 12.0. The molecule has 0 fully saturated rings. The third kappa shape index (κ3) is 1.56. The van der Waals surface area contributed by atoms with Gasteiger partial charge in [0.2, 0.25) is 5.43 Å². The molecular weight excluding hydrogens is 190 g/mol. The summed E-state index contributed by atoms with van der Waals surface area (Å²) < 4.78 is 5.08. The highest BCUT2D eigenvalue weighted by Gasteiger charge is 2.14. The fourth-order valence-corrected chi connectivity index (χ4v) is 1.48. The minimum atomic E-state index is -0.0318. The Balaban J connectivity index is 2.52. The van der Waals surface area contributed by atoms with E-state index in [-0.39, 0.29) is 5.43 Å². The van der Waals surface area contributed by atoms with Gasteiger partial charge >= 0.3 is 0 Å². The van der Waals surface area contributed by atoms with Crippen LogP contribution in [0.1, 0.15) is 5.56 Å². The lowest BCUT2D eigenvalue weighted by Gasteiger charge is -2.07. The van der Waals surface area contributed by atoms with E-state index in [0.717, 1.165) is 5.69 Å². The molecule has 3 nitrogen and oxygen atoms in total. The lowest BCUT2D eigenvalue weighted by atomic mass is 10.1. The van der Waals surface area contributed by atoms with Gasteiger partial charge in [0, 0.05) is 5.56 Å². The molecule has 0 atom stereocenters. The van der Waals surface area contributed by atoms with Crippen LogP contribution >= 0.6 is 0 Å². The highest BCUT2D eigenvalue weighted by atomic mass is 16.5. The van der Waals surface area contributed by atoms with Gasteiger partial charge in [-0.05, 0) is 19.1 Å². The standard InChI is InChI=1S/C12H11NO2/c1-8-11(14)10(12(8)15-2)13-9-6-4-3-5-7-9/h3-7H,1-2H3. The summed E-state index contributed by atoms with van der Waals surface area (Å²) in [5.74, 6) is 0.601. The van der Waals surface area contributed by atoms with E-state index in [9.17, 15) is 4.79 Å². The molecule has 2 aromatic carbocycles. The summed E-state index contributed by atoms with van der Waals surface area (Å²) >= 11 is 0. The van der Waals surface area contributed by atoms with E-state index in [1.165, 1.54) is 0 Å². The van der Waals surface area contributed by atoms with Crippen LogP contribution in [0.2, 0.25) is 0 Å². The molecule has 0 N–H and O–H groups in total. The summed E-state index contributed by atoms with van der Waals surface area (Å²) in [5, 5.41) is 0.418. The molecule has 0 aromatic heterocycles. The summed E-state index contributed by atoms with van der Waals surface area (Å²) in [6, 6.07) is 9.37. The van der Waals surface area contributed by atoms with Crippen molar-refractivity contribution in [3.05, 3.63) is 51.5 Å². The van der Waals surface area contributed by atoms with E-state index in [4.69, 9.17) is 4.74 Å². The van der Waals surface area contributed by atoms with Crippen molar-refractivity contribution < 1.29 is 4.74 Å². The van der Waals surface area contributed by atoms with Gasteiger partial charge in [-0.25, -0.2) is 4.99 Å². The minimum Gasteiger partial charge on any atom is -0.494 e. The molecule has 0 amide bonds. The molecule has 0 spiro atoms. The maximum absolute atomic E-state index is 11.5. The van der Waals surface area contributed by atoms with Gasteiger partial charge in [-0.3, -0.25) is 4.79 Å². The van der Waals surface area contributed by atoms with Gasteiger partial charge in [0.25, 0.3) is 0 Å². The van der Waals surface area contributed by atoms with Crippen molar-refractivity contribution in [1.29, 1.82) is 0 Å². The molecule has 0 aliphatic rings. The molecule has 0 saturated heterocycles. The Morgan fingerprint density at radius 3 is 2.47 bits per heavy atom. The average molecular weight is 201 g/mol. The molecule has 15 heavy (non-hydrogen) atoms. The number of nitrogens with zero attached hydrogens (tertiary/aromatic N) is 1. The fourth-order valence-electron chi connectivity index (χ4n) is 1.48. The van der Waals surface area contributed by atoms with E-state index >= 15 is 0 Å². The van der Waals surface area contributed by atoms with Crippen LogP contribution < -0.4 is 15.5 Å². The number of ether oxygens (including phenoxy) is 1. The van der Waals surface area contributed by atoms with Crippen molar-refractivity contribution in [2.45, 2.75) is 6.92 Å². The second kappa shape index (κ2) is 3.69. The Bertz CT molecular complexity index is 548. The largest absolute Gasteiger partial charge is 0.494 e. The number of para-hydroxylation sites is 1. The van der Waals surface area contributed by atoms with Crippen LogP contribution in [0.4, 0.5) is 5.69 Å². The zero-order valence-electron chi connectivity index (χ0n) is 8.65. The van der Waals surface area contributed by atoms with Gasteiger partial charge in [0.1, 0.15) is 0 Å². The van der Waals surface area contributed by atoms with Gasteiger partial charge in [-0.1, -0.05) is 18.2 Å². The van der Waals surface area contributed by atoms with E-state index in [1.54, 1.807) is 14.0 Å². The zero-order chi connectivity index (χ0) is 10.8. The van der Waals surface area contributed by atoms with Gasteiger partial charge in [0.15, 0.2) is 11.1 Å². The monoisotopic (exact) mass is 201 g/mol. The van der Waals surface area contributed by atoms with Crippen molar-refractivity contribution in [3.8, 4) is 5.75 Å². The first-order valence-electron chi connectivity index (χ1n) is 4.67. The third-order valence-corrected chi connectivity index (χ3v) is 2.31. The maximum Gasteiger partial charge on any atom is 0.214 e. The molecule has 2 aromatic rings. The van der Waals surface area contributed by atoms with E-state index in [2.05, 4.69) is 4.99 Å². The second-order valence-corrected chi connectivity index (χ2v) is 3.28. The molecule has 0 aliphatic carbocycles. The van der Waals surface area contributed by atoms with Crippen LogP contribution in [0.3, 0.4) is 0 Å². The summed E-state index contributed by atoms with van der Waals surface area (Å²) in [6.07, 6.45) is 0. The van der Waals surface area contributed by atoms with Crippen LogP contribution in [0.15, 0.2) is 40.1 Å². The summed E-state index contributed by atoms with van der Waals surface area (Å²) in [5.41, 5.74) is 1.38. The Kier molecular flexibility index (Phi) is 2.37. The molecular formula is C12H11NO2. The topological polar surface area (TPSA) is 38.7 Å². The quantitative estimate of drug-likeness (QED) is 0.738. The molecule has 0 aliphatic heterocycles. The molecule has 0 saturated carbocycles. The Hall–Kier alpha value is -1.90. The molecule has 0 bridgehead atoms. The third-order valence-electron chi connectivity index (χ3n) is 2.31. The summed E-state index contributed by atoms with van der Waals surface area (Å²) in [4.78, 5) is 15.7. The van der Waals surface area contributed by atoms with Crippen molar-refractivity contribution in [2.75, 3.05) is 7.11 Å². The van der Waals surface area contributed by atoms with Gasteiger partial charge in [-0.2, -0.15) is 0 Å². The van der Waals surface area contributed by atoms with E-state index in [0.29, 0.717) is 16.7 Å². The lowest BCUT2D eigenvalue weighted by molar-refractivity contribution is 0.399. The first kappa shape index (κ1) is 9.65. The average Bonchev–Trinajstić information content (AvgIpc) is 2.29. The van der Waals surface area contributed by atoms with Crippen molar-refractivity contribution >= 4 is 5.69 Å². The lowest BCUT2D eigenvalue weighted by Crippen LogP contribution is -2.35. The van der Waals surface area contributed by atoms with Crippen LogP contribution in [0.5, 0.6) is 5.75 Å². The number of hydrogen-bond donors (Lipinski definition) is 0. The second-order valence-electron chi connectivity index (χ2n) is 3.28. The number of benzene rings is 1. The van der Waals surface area contributed by atoms with Crippen molar-refractivity contribution in [3.63, 3.8) is 0 Å². The van der Waals surface area contributed by atoms with E-state index in [1.807, 2.05) is 30.3 Å². The molecule has 0 radical (unpaired) electrons. The van der Waals surface area contributed by atoms with Crippen LogP contribution in [0, 0.1) is 6.92 Å². The highest BCUT2D eigenvalue weighted by Crippen LogP contribution is 2.12. The molecule has 0 heterocycles. The zero-order valence-corrected chi connectivity index (χ0v) is 8.65. The highest BCUT2D eigenvalue weighted by molar-refractivity contribution is 5.42. The first-order valence-corrected chi connectivity index (χ1v) is 4.67.